The molecule has 132 valence electrons. The topological polar surface area (TPSA) is 75.4 Å². The average Bonchev–Trinajstić information content (AvgIpc) is 2.89. The van der Waals surface area contributed by atoms with Crippen LogP contribution in [0.4, 0.5) is 5.69 Å². The van der Waals surface area contributed by atoms with E-state index in [4.69, 9.17) is 5.73 Å². The summed E-state index contributed by atoms with van der Waals surface area (Å²) in [7, 11) is 0. The summed E-state index contributed by atoms with van der Waals surface area (Å²) in [6.07, 6.45) is 0.598. The second-order valence-electron chi connectivity index (χ2n) is 6.06. The number of benzene rings is 2. The monoisotopic (exact) mass is 359 g/mol. The van der Waals surface area contributed by atoms with Crippen LogP contribution in [-0.4, -0.2) is 23.9 Å². The van der Waals surface area contributed by atoms with Crippen molar-refractivity contribution in [3.63, 3.8) is 0 Å². The van der Waals surface area contributed by atoms with Gasteiger partial charge in [0.05, 0.1) is 0 Å². The van der Waals surface area contributed by atoms with Gasteiger partial charge in [0.2, 0.25) is 5.91 Å². The molecule has 0 saturated carbocycles. The standard InChI is InChI=1S/C19H21N3O2.ClH/c1-13-11-17(19(24)22(13)16-5-3-2-4-6-16)21-18(23)15-9-7-14(12-20)8-10-15;/h2-10,13,17H,11-12,20H2,1H3,(H,21,23);1H. The third-order valence-electron chi connectivity index (χ3n) is 4.34. The van der Waals surface area contributed by atoms with E-state index in [1.165, 1.54) is 0 Å². The van der Waals surface area contributed by atoms with Gasteiger partial charge in [-0.1, -0.05) is 30.3 Å². The number of amides is 2. The van der Waals surface area contributed by atoms with Gasteiger partial charge in [-0.25, -0.2) is 0 Å². The maximum absolute atomic E-state index is 12.7. The van der Waals surface area contributed by atoms with Crippen molar-refractivity contribution in [2.24, 2.45) is 5.73 Å². The number of nitrogens with zero attached hydrogens (tertiary/aromatic N) is 1. The third-order valence-corrected chi connectivity index (χ3v) is 4.34. The normalized spacial score (nSPS) is 19.4. The molecule has 5 nitrogen and oxygen atoms in total. The number of para-hydroxylation sites is 1. The molecule has 0 aliphatic carbocycles. The van der Waals surface area contributed by atoms with Crippen molar-refractivity contribution in [2.45, 2.75) is 32.0 Å². The van der Waals surface area contributed by atoms with Crippen LogP contribution in [0.5, 0.6) is 0 Å². The number of carbonyl (C=O) groups is 2. The highest BCUT2D eigenvalue weighted by atomic mass is 35.5. The molecule has 3 N–H and O–H groups in total. The number of hydrogen-bond donors (Lipinski definition) is 2. The lowest BCUT2D eigenvalue weighted by Crippen LogP contribution is -2.41. The van der Waals surface area contributed by atoms with Gasteiger partial charge < -0.3 is 16.0 Å². The summed E-state index contributed by atoms with van der Waals surface area (Å²) in [5.41, 5.74) is 7.92. The van der Waals surface area contributed by atoms with Gasteiger partial charge in [0.15, 0.2) is 0 Å². The fourth-order valence-corrected chi connectivity index (χ4v) is 3.06. The van der Waals surface area contributed by atoms with Gasteiger partial charge in [-0.15, -0.1) is 12.4 Å². The quantitative estimate of drug-likeness (QED) is 0.880. The summed E-state index contributed by atoms with van der Waals surface area (Å²) in [6.45, 7) is 2.43. The first-order chi connectivity index (χ1) is 11.6. The summed E-state index contributed by atoms with van der Waals surface area (Å²) in [6, 6.07) is 16.2. The van der Waals surface area contributed by atoms with Crippen molar-refractivity contribution in [2.75, 3.05) is 4.90 Å². The zero-order valence-corrected chi connectivity index (χ0v) is 14.8. The second-order valence-corrected chi connectivity index (χ2v) is 6.06. The highest BCUT2D eigenvalue weighted by Gasteiger charge is 2.38. The van der Waals surface area contributed by atoms with Crippen molar-refractivity contribution in [1.29, 1.82) is 0 Å². The van der Waals surface area contributed by atoms with Crippen LogP contribution in [0.2, 0.25) is 0 Å². The number of rotatable bonds is 4. The largest absolute Gasteiger partial charge is 0.340 e. The molecule has 0 spiro atoms. The van der Waals surface area contributed by atoms with Crippen molar-refractivity contribution in [1.82, 2.24) is 5.32 Å². The first-order valence-corrected chi connectivity index (χ1v) is 8.08. The molecular formula is C19H22ClN3O2. The average molecular weight is 360 g/mol. The van der Waals surface area contributed by atoms with E-state index in [1.54, 1.807) is 17.0 Å². The molecule has 1 saturated heterocycles. The van der Waals surface area contributed by atoms with Gasteiger partial charge in [0, 0.05) is 23.8 Å². The molecule has 0 aromatic heterocycles. The van der Waals surface area contributed by atoms with Crippen molar-refractivity contribution < 1.29 is 9.59 Å². The first kappa shape index (κ1) is 19.0. The molecule has 2 atom stereocenters. The Labute approximate surface area is 153 Å². The zero-order chi connectivity index (χ0) is 17.1. The predicted molar refractivity (Wildman–Crippen MR) is 101 cm³/mol. The second kappa shape index (κ2) is 8.14. The minimum absolute atomic E-state index is 0. The van der Waals surface area contributed by atoms with Crippen LogP contribution >= 0.6 is 12.4 Å². The maximum Gasteiger partial charge on any atom is 0.251 e. The molecule has 2 amide bonds. The van der Waals surface area contributed by atoms with Gasteiger partial charge in [-0.05, 0) is 43.2 Å². The fraction of sp³-hybridized carbons (Fsp3) is 0.263. The number of hydrogen-bond acceptors (Lipinski definition) is 3. The molecule has 2 aromatic rings. The first-order valence-electron chi connectivity index (χ1n) is 8.08. The predicted octanol–water partition coefficient (Wildman–Crippen LogP) is 2.49. The van der Waals surface area contributed by atoms with Crippen LogP contribution in [0.15, 0.2) is 54.6 Å². The van der Waals surface area contributed by atoms with E-state index in [-0.39, 0.29) is 30.3 Å². The molecule has 25 heavy (non-hydrogen) atoms. The zero-order valence-electron chi connectivity index (χ0n) is 14.0. The molecule has 1 aliphatic rings. The van der Waals surface area contributed by atoms with E-state index in [9.17, 15) is 9.59 Å². The summed E-state index contributed by atoms with van der Waals surface area (Å²) < 4.78 is 0. The Morgan fingerprint density at radius 3 is 2.40 bits per heavy atom. The molecule has 3 rings (SSSR count). The molecule has 2 aromatic carbocycles. The van der Waals surface area contributed by atoms with Gasteiger partial charge >= 0.3 is 0 Å². The lowest BCUT2D eigenvalue weighted by molar-refractivity contribution is -0.118. The van der Waals surface area contributed by atoms with Crippen LogP contribution in [0.3, 0.4) is 0 Å². The summed E-state index contributed by atoms with van der Waals surface area (Å²) in [5.74, 6) is -0.306. The van der Waals surface area contributed by atoms with E-state index < -0.39 is 6.04 Å². The van der Waals surface area contributed by atoms with Crippen LogP contribution in [0.25, 0.3) is 0 Å². The molecule has 1 heterocycles. The van der Waals surface area contributed by atoms with Gasteiger partial charge in [-0.3, -0.25) is 9.59 Å². The minimum atomic E-state index is -0.498. The highest BCUT2D eigenvalue weighted by molar-refractivity contribution is 6.04. The minimum Gasteiger partial charge on any atom is -0.340 e. The molecule has 0 bridgehead atoms. The van der Waals surface area contributed by atoms with Gasteiger partial charge in [0.1, 0.15) is 6.04 Å². The molecule has 6 heteroatoms. The van der Waals surface area contributed by atoms with E-state index in [0.717, 1.165) is 11.3 Å². The van der Waals surface area contributed by atoms with Crippen LogP contribution in [-0.2, 0) is 11.3 Å². The Bertz CT molecular complexity index is 734. The molecular weight excluding hydrogens is 338 g/mol. The lowest BCUT2D eigenvalue weighted by atomic mass is 10.1. The maximum atomic E-state index is 12.7. The number of carbonyl (C=O) groups excluding carboxylic acids is 2. The van der Waals surface area contributed by atoms with Crippen LogP contribution in [0, 0.1) is 0 Å². The molecule has 1 fully saturated rings. The van der Waals surface area contributed by atoms with Gasteiger partial charge in [0.25, 0.3) is 5.91 Å². The summed E-state index contributed by atoms with van der Waals surface area (Å²) in [5, 5.41) is 2.85. The number of anilines is 1. The summed E-state index contributed by atoms with van der Waals surface area (Å²) >= 11 is 0. The van der Waals surface area contributed by atoms with E-state index >= 15 is 0 Å². The summed E-state index contributed by atoms with van der Waals surface area (Å²) in [4.78, 5) is 26.8. The van der Waals surface area contributed by atoms with E-state index in [0.29, 0.717) is 18.5 Å². The van der Waals surface area contributed by atoms with Crippen molar-refractivity contribution in [3.8, 4) is 0 Å². The molecule has 2 unspecified atom stereocenters. The Hall–Kier alpha value is -2.37. The Morgan fingerprint density at radius 2 is 1.80 bits per heavy atom. The SMILES string of the molecule is CC1CC(NC(=O)c2ccc(CN)cc2)C(=O)N1c1ccccc1.Cl. The number of halogens is 1. The molecule has 1 aliphatic heterocycles. The highest BCUT2D eigenvalue weighted by Crippen LogP contribution is 2.26. The van der Waals surface area contributed by atoms with E-state index in [2.05, 4.69) is 5.32 Å². The fourth-order valence-electron chi connectivity index (χ4n) is 3.06. The smallest absolute Gasteiger partial charge is 0.251 e. The van der Waals surface area contributed by atoms with Crippen molar-refractivity contribution >= 4 is 29.9 Å². The number of nitrogens with two attached hydrogens (primary N) is 1. The van der Waals surface area contributed by atoms with Crippen LogP contribution in [0.1, 0.15) is 29.3 Å². The Kier molecular flexibility index (Phi) is 6.17. The lowest BCUT2D eigenvalue weighted by Gasteiger charge is -2.21. The number of nitrogens with one attached hydrogen (secondary N) is 1. The third kappa shape index (κ3) is 4.00. The van der Waals surface area contributed by atoms with Gasteiger partial charge in [-0.2, -0.15) is 0 Å². The molecule has 0 radical (unpaired) electrons. The van der Waals surface area contributed by atoms with Crippen LogP contribution < -0.4 is 16.0 Å². The van der Waals surface area contributed by atoms with Crippen molar-refractivity contribution in [3.05, 3.63) is 65.7 Å². The van der Waals surface area contributed by atoms with E-state index in [1.807, 2.05) is 49.4 Å². The Balaban J connectivity index is 0.00000225. The Morgan fingerprint density at radius 1 is 1.16 bits per heavy atom.